The number of aromatic nitrogens is 2. The van der Waals surface area contributed by atoms with Crippen LogP contribution in [0.4, 0.5) is 0 Å². The van der Waals surface area contributed by atoms with Gasteiger partial charge >= 0.3 is 0 Å². The normalized spacial score (nSPS) is 12.7. The molecule has 2 N–H and O–H groups in total. The molecule has 0 amide bonds. The van der Waals surface area contributed by atoms with E-state index in [-0.39, 0.29) is 6.04 Å². The van der Waals surface area contributed by atoms with Crippen LogP contribution in [-0.2, 0) is 13.5 Å². The number of nitrogens with two attached hydrogens (primary N) is 1. The zero-order valence-electron chi connectivity index (χ0n) is 10.7. The highest BCUT2D eigenvalue weighted by molar-refractivity contribution is 9.10. The first-order valence-corrected chi connectivity index (χ1v) is 6.85. The van der Waals surface area contributed by atoms with Gasteiger partial charge in [-0.2, -0.15) is 5.10 Å². The molecular weight excluding hydrogens is 290 g/mol. The number of hydrogen-bond donors (Lipinski definition) is 1. The van der Waals surface area contributed by atoms with Crippen LogP contribution in [0.3, 0.4) is 0 Å². The summed E-state index contributed by atoms with van der Waals surface area (Å²) < 4.78 is 2.95. The first-order valence-electron chi connectivity index (χ1n) is 6.06. The van der Waals surface area contributed by atoms with E-state index in [9.17, 15) is 0 Å². The van der Waals surface area contributed by atoms with E-state index in [0.717, 1.165) is 17.3 Å². The van der Waals surface area contributed by atoms with Crippen LogP contribution in [0.1, 0.15) is 29.2 Å². The van der Waals surface area contributed by atoms with Gasteiger partial charge in [0.25, 0.3) is 0 Å². The average molecular weight is 308 g/mol. The summed E-state index contributed by atoms with van der Waals surface area (Å²) in [6.07, 6.45) is 5.84. The van der Waals surface area contributed by atoms with Crippen LogP contribution in [0.5, 0.6) is 0 Å². The summed E-state index contributed by atoms with van der Waals surface area (Å²) in [7, 11) is 1.93. The molecule has 4 heteroatoms. The zero-order chi connectivity index (χ0) is 13.1. The maximum atomic E-state index is 6.27. The Morgan fingerprint density at radius 3 is 2.89 bits per heavy atom. The molecule has 2 rings (SSSR count). The second kappa shape index (κ2) is 5.67. The van der Waals surface area contributed by atoms with E-state index in [1.807, 2.05) is 36.3 Å². The molecule has 18 heavy (non-hydrogen) atoms. The van der Waals surface area contributed by atoms with Crippen LogP contribution in [-0.4, -0.2) is 9.78 Å². The molecule has 1 aromatic heterocycles. The quantitative estimate of drug-likeness (QED) is 0.943. The molecule has 0 fully saturated rings. The largest absolute Gasteiger partial charge is 0.324 e. The molecule has 0 aliphatic rings. The summed E-state index contributed by atoms with van der Waals surface area (Å²) in [6, 6.07) is 6.26. The van der Waals surface area contributed by atoms with E-state index in [1.54, 1.807) is 0 Å². The summed E-state index contributed by atoms with van der Waals surface area (Å²) in [5.74, 6) is 0. The minimum Gasteiger partial charge on any atom is -0.324 e. The third-order valence-electron chi connectivity index (χ3n) is 3.21. The summed E-state index contributed by atoms with van der Waals surface area (Å²) in [6.45, 7) is 2.10. The number of hydrogen-bond acceptors (Lipinski definition) is 2. The van der Waals surface area contributed by atoms with E-state index >= 15 is 0 Å². The maximum Gasteiger partial charge on any atom is 0.0521 e. The molecule has 0 radical (unpaired) electrons. The smallest absolute Gasteiger partial charge is 0.0521 e. The van der Waals surface area contributed by atoms with Crippen molar-refractivity contribution >= 4 is 15.9 Å². The fraction of sp³-hybridized carbons (Fsp3) is 0.357. The van der Waals surface area contributed by atoms with Gasteiger partial charge in [-0.15, -0.1) is 0 Å². The van der Waals surface area contributed by atoms with Gasteiger partial charge in [-0.3, -0.25) is 4.68 Å². The Kier molecular flexibility index (Phi) is 4.19. The monoisotopic (exact) mass is 307 g/mol. The molecule has 1 heterocycles. The van der Waals surface area contributed by atoms with Gasteiger partial charge in [-0.25, -0.2) is 0 Å². The van der Waals surface area contributed by atoms with E-state index in [0.29, 0.717) is 0 Å². The highest BCUT2D eigenvalue weighted by Crippen LogP contribution is 2.25. The Bertz CT molecular complexity index is 534. The topological polar surface area (TPSA) is 43.8 Å². The number of rotatable bonds is 4. The molecule has 1 aromatic carbocycles. The van der Waals surface area contributed by atoms with Gasteiger partial charge in [-0.05, 0) is 42.5 Å². The molecule has 96 valence electrons. The molecule has 1 atom stereocenters. The van der Waals surface area contributed by atoms with Crippen molar-refractivity contribution < 1.29 is 0 Å². The molecule has 0 aliphatic heterocycles. The SMILES string of the molecule is Cc1c(Br)cccc1C(N)CCc1cnn(C)c1. The molecular formula is C14H18BrN3. The maximum absolute atomic E-state index is 6.27. The van der Waals surface area contributed by atoms with Crippen molar-refractivity contribution in [2.24, 2.45) is 12.8 Å². The van der Waals surface area contributed by atoms with Gasteiger partial charge < -0.3 is 5.73 Å². The zero-order valence-corrected chi connectivity index (χ0v) is 12.3. The van der Waals surface area contributed by atoms with Crippen LogP contribution in [0.2, 0.25) is 0 Å². The van der Waals surface area contributed by atoms with Gasteiger partial charge in [0.2, 0.25) is 0 Å². The van der Waals surface area contributed by atoms with Crippen molar-refractivity contribution in [2.45, 2.75) is 25.8 Å². The van der Waals surface area contributed by atoms with Crippen LogP contribution >= 0.6 is 15.9 Å². The Morgan fingerprint density at radius 2 is 2.22 bits per heavy atom. The fourth-order valence-electron chi connectivity index (χ4n) is 2.10. The van der Waals surface area contributed by atoms with Gasteiger partial charge in [0.15, 0.2) is 0 Å². The van der Waals surface area contributed by atoms with Crippen molar-refractivity contribution in [1.82, 2.24) is 9.78 Å². The lowest BCUT2D eigenvalue weighted by Crippen LogP contribution is -2.12. The molecule has 2 aromatic rings. The summed E-state index contributed by atoms with van der Waals surface area (Å²) >= 11 is 3.54. The standard InChI is InChI=1S/C14H18BrN3/c1-10-12(4-3-5-13(10)15)14(16)7-6-11-8-17-18(2)9-11/h3-5,8-9,14H,6-7,16H2,1-2H3. The van der Waals surface area contributed by atoms with E-state index in [2.05, 4.69) is 34.0 Å². The first kappa shape index (κ1) is 13.3. The lowest BCUT2D eigenvalue weighted by molar-refractivity contribution is 0.647. The number of halogens is 1. The Morgan fingerprint density at radius 1 is 1.44 bits per heavy atom. The molecule has 0 aliphatic carbocycles. The molecule has 0 bridgehead atoms. The van der Waals surface area contributed by atoms with Crippen molar-refractivity contribution in [2.75, 3.05) is 0 Å². The van der Waals surface area contributed by atoms with E-state index in [1.165, 1.54) is 16.7 Å². The predicted molar refractivity (Wildman–Crippen MR) is 77.3 cm³/mol. The van der Waals surface area contributed by atoms with Gasteiger partial charge in [0.05, 0.1) is 6.20 Å². The third-order valence-corrected chi connectivity index (χ3v) is 4.07. The van der Waals surface area contributed by atoms with Crippen molar-refractivity contribution in [3.05, 3.63) is 51.8 Å². The number of aryl methyl sites for hydroxylation is 2. The minimum atomic E-state index is 0.0720. The second-order valence-electron chi connectivity index (χ2n) is 4.62. The molecule has 0 saturated heterocycles. The van der Waals surface area contributed by atoms with Crippen LogP contribution in [0.25, 0.3) is 0 Å². The number of nitrogens with zero attached hydrogens (tertiary/aromatic N) is 2. The second-order valence-corrected chi connectivity index (χ2v) is 5.48. The van der Waals surface area contributed by atoms with E-state index < -0.39 is 0 Å². The summed E-state index contributed by atoms with van der Waals surface area (Å²) in [5, 5.41) is 4.17. The van der Waals surface area contributed by atoms with Gasteiger partial charge in [-0.1, -0.05) is 28.1 Å². The van der Waals surface area contributed by atoms with Crippen LogP contribution in [0.15, 0.2) is 35.1 Å². The van der Waals surface area contributed by atoms with Crippen molar-refractivity contribution in [3.63, 3.8) is 0 Å². The Hall–Kier alpha value is -1.13. The summed E-state index contributed by atoms with van der Waals surface area (Å²) in [4.78, 5) is 0. The molecule has 1 unspecified atom stereocenters. The van der Waals surface area contributed by atoms with Crippen molar-refractivity contribution in [1.29, 1.82) is 0 Å². The highest BCUT2D eigenvalue weighted by Gasteiger charge is 2.11. The first-order chi connectivity index (χ1) is 8.58. The fourth-order valence-corrected chi connectivity index (χ4v) is 2.49. The van der Waals surface area contributed by atoms with Crippen LogP contribution in [0, 0.1) is 6.92 Å². The van der Waals surface area contributed by atoms with E-state index in [4.69, 9.17) is 5.73 Å². The molecule has 3 nitrogen and oxygen atoms in total. The van der Waals surface area contributed by atoms with Crippen LogP contribution < -0.4 is 5.73 Å². The van der Waals surface area contributed by atoms with Gasteiger partial charge in [0.1, 0.15) is 0 Å². The third kappa shape index (κ3) is 3.00. The van der Waals surface area contributed by atoms with Crippen molar-refractivity contribution in [3.8, 4) is 0 Å². The van der Waals surface area contributed by atoms with Gasteiger partial charge in [0, 0.05) is 23.8 Å². The Labute approximate surface area is 116 Å². The molecule has 0 saturated carbocycles. The Balaban J connectivity index is 2.03. The lowest BCUT2D eigenvalue weighted by atomic mass is 9.97. The average Bonchev–Trinajstić information content (AvgIpc) is 2.76. The highest BCUT2D eigenvalue weighted by atomic mass is 79.9. The lowest BCUT2D eigenvalue weighted by Gasteiger charge is -2.15. The molecule has 0 spiro atoms. The number of benzene rings is 1. The predicted octanol–water partition coefficient (Wildman–Crippen LogP) is 3.12. The minimum absolute atomic E-state index is 0.0720. The summed E-state index contributed by atoms with van der Waals surface area (Å²) in [5.41, 5.74) is 9.96.